The monoisotopic (exact) mass is 179 g/mol. The molecule has 0 aromatic carbocycles. The number of aromatic nitrogens is 2. The Morgan fingerprint density at radius 2 is 2.23 bits per heavy atom. The summed E-state index contributed by atoms with van der Waals surface area (Å²) in [6, 6.07) is 1.78. The van der Waals surface area contributed by atoms with E-state index in [4.69, 9.17) is 0 Å². The van der Waals surface area contributed by atoms with Gasteiger partial charge in [-0.15, -0.1) is 0 Å². The van der Waals surface area contributed by atoms with E-state index in [1.165, 1.54) is 4.68 Å². The van der Waals surface area contributed by atoms with Gasteiger partial charge in [0.1, 0.15) is 0 Å². The van der Waals surface area contributed by atoms with Crippen molar-refractivity contribution in [1.29, 1.82) is 0 Å². The number of hydrogen-bond acceptors (Lipinski definition) is 3. The van der Waals surface area contributed by atoms with Crippen molar-refractivity contribution < 1.29 is 4.79 Å². The first kappa shape index (κ1) is 8.44. The quantitative estimate of drug-likeness (QED) is 0.683. The summed E-state index contributed by atoms with van der Waals surface area (Å²) in [6.07, 6.45) is 5.21. The molecule has 2 heterocycles. The van der Waals surface area contributed by atoms with Gasteiger partial charge in [-0.05, 0) is 32.0 Å². The topological polar surface area (TPSA) is 46.9 Å². The summed E-state index contributed by atoms with van der Waals surface area (Å²) in [5.74, 6) is 0.285. The van der Waals surface area contributed by atoms with Crippen molar-refractivity contribution in [2.75, 3.05) is 13.1 Å². The Balaban J connectivity index is 2.04. The largest absolute Gasteiger partial charge is 0.317 e. The molecule has 1 aliphatic rings. The molecule has 0 atom stereocenters. The molecule has 0 radical (unpaired) electrons. The second kappa shape index (κ2) is 3.70. The van der Waals surface area contributed by atoms with Crippen LogP contribution in [-0.4, -0.2) is 28.8 Å². The third-order valence-electron chi connectivity index (χ3n) is 2.42. The van der Waals surface area contributed by atoms with Gasteiger partial charge < -0.3 is 5.32 Å². The number of nitrogens with zero attached hydrogens (tertiary/aromatic N) is 2. The van der Waals surface area contributed by atoms with Gasteiger partial charge in [-0.1, -0.05) is 0 Å². The molecule has 1 saturated heterocycles. The molecule has 1 fully saturated rings. The van der Waals surface area contributed by atoms with Crippen molar-refractivity contribution in [1.82, 2.24) is 15.1 Å². The lowest BCUT2D eigenvalue weighted by Crippen LogP contribution is -2.34. The first-order chi connectivity index (χ1) is 6.38. The number of rotatable bonds is 1. The minimum Gasteiger partial charge on any atom is -0.317 e. The minimum atomic E-state index is 0.131. The van der Waals surface area contributed by atoms with E-state index in [0.717, 1.165) is 25.9 Å². The molecule has 0 unspecified atom stereocenters. The second-order valence-corrected chi connectivity index (χ2v) is 3.31. The Hall–Kier alpha value is -1.16. The molecule has 1 aromatic rings. The van der Waals surface area contributed by atoms with Crippen LogP contribution in [0.2, 0.25) is 0 Å². The van der Waals surface area contributed by atoms with Crippen molar-refractivity contribution in [3.05, 3.63) is 18.5 Å². The van der Waals surface area contributed by atoms with Crippen LogP contribution in [0.4, 0.5) is 0 Å². The first-order valence-corrected chi connectivity index (χ1v) is 4.62. The predicted molar refractivity (Wildman–Crippen MR) is 48.4 cm³/mol. The Labute approximate surface area is 76.9 Å². The van der Waals surface area contributed by atoms with Crippen LogP contribution in [0.3, 0.4) is 0 Å². The zero-order chi connectivity index (χ0) is 9.10. The highest BCUT2D eigenvalue weighted by Gasteiger charge is 2.22. The Morgan fingerprint density at radius 1 is 1.46 bits per heavy atom. The average molecular weight is 179 g/mol. The molecule has 1 aromatic heterocycles. The minimum absolute atomic E-state index is 0.131. The van der Waals surface area contributed by atoms with Crippen LogP contribution in [0.5, 0.6) is 0 Å². The highest BCUT2D eigenvalue weighted by atomic mass is 16.2. The number of carbonyl (C=O) groups excluding carboxylic acids is 1. The fourth-order valence-electron chi connectivity index (χ4n) is 1.66. The fourth-order valence-corrected chi connectivity index (χ4v) is 1.66. The van der Waals surface area contributed by atoms with Crippen LogP contribution in [-0.2, 0) is 0 Å². The van der Waals surface area contributed by atoms with E-state index in [1.54, 1.807) is 18.5 Å². The van der Waals surface area contributed by atoms with Gasteiger partial charge in [-0.2, -0.15) is 5.10 Å². The van der Waals surface area contributed by atoms with Crippen molar-refractivity contribution in [3.8, 4) is 0 Å². The van der Waals surface area contributed by atoms with E-state index in [0.29, 0.717) is 0 Å². The molecule has 0 saturated carbocycles. The summed E-state index contributed by atoms with van der Waals surface area (Å²) in [4.78, 5) is 11.7. The Bertz CT molecular complexity index is 275. The fraction of sp³-hybridized carbons (Fsp3) is 0.556. The first-order valence-electron chi connectivity index (χ1n) is 4.62. The zero-order valence-electron chi connectivity index (χ0n) is 7.44. The number of piperidine rings is 1. The maximum absolute atomic E-state index is 11.7. The highest BCUT2D eigenvalue weighted by Crippen LogP contribution is 2.13. The van der Waals surface area contributed by atoms with Crippen LogP contribution in [0, 0.1) is 5.92 Å². The molecule has 4 nitrogen and oxygen atoms in total. The van der Waals surface area contributed by atoms with E-state index in [-0.39, 0.29) is 11.8 Å². The van der Waals surface area contributed by atoms with E-state index in [1.807, 2.05) is 0 Å². The molecule has 70 valence electrons. The highest BCUT2D eigenvalue weighted by molar-refractivity contribution is 5.80. The van der Waals surface area contributed by atoms with Gasteiger partial charge >= 0.3 is 0 Å². The lowest BCUT2D eigenvalue weighted by atomic mass is 9.97. The molecular formula is C9H13N3O. The number of nitrogens with one attached hydrogen (secondary N) is 1. The molecule has 13 heavy (non-hydrogen) atoms. The van der Waals surface area contributed by atoms with Gasteiger partial charge in [0.15, 0.2) is 0 Å². The van der Waals surface area contributed by atoms with E-state index >= 15 is 0 Å². The number of hydrogen-bond donors (Lipinski definition) is 1. The molecule has 1 aliphatic heterocycles. The van der Waals surface area contributed by atoms with E-state index < -0.39 is 0 Å². The van der Waals surface area contributed by atoms with E-state index in [2.05, 4.69) is 10.4 Å². The molecule has 2 rings (SSSR count). The van der Waals surface area contributed by atoms with Crippen molar-refractivity contribution in [3.63, 3.8) is 0 Å². The van der Waals surface area contributed by atoms with Crippen LogP contribution >= 0.6 is 0 Å². The number of carbonyl (C=O) groups is 1. The van der Waals surface area contributed by atoms with Gasteiger partial charge in [-0.3, -0.25) is 4.79 Å². The predicted octanol–water partition coefficient (Wildman–Crippen LogP) is 0.523. The zero-order valence-corrected chi connectivity index (χ0v) is 7.44. The van der Waals surface area contributed by atoms with Crippen LogP contribution in [0.1, 0.15) is 17.6 Å². The smallest absolute Gasteiger partial charge is 0.250 e. The summed E-state index contributed by atoms with van der Waals surface area (Å²) >= 11 is 0. The van der Waals surface area contributed by atoms with Crippen molar-refractivity contribution in [2.45, 2.75) is 12.8 Å². The van der Waals surface area contributed by atoms with Gasteiger partial charge in [-0.25, -0.2) is 4.68 Å². The molecule has 4 heteroatoms. The summed E-state index contributed by atoms with van der Waals surface area (Å²) in [7, 11) is 0. The average Bonchev–Trinajstić information content (AvgIpc) is 2.71. The molecule has 0 amide bonds. The summed E-state index contributed by atoms with van der Waals surface area (Å²) in [5, 5.41) is 7.17. The molecule has 0 spiro atoms. The van der Waals surface area contributed by atoms with Crippen LogP contribution < -0.4 is 5.32 Å². The lowest BCUT2D eigenvalue weighted by Gasteiger charge is -2.20. The van der Waals surface area contributed by atoms with Crippen molar-refractivity contribution >= 4 is 5.91 Å². The third kappa shape index (κ3) is 1.78. The maximum Gasteiger partial charge on any atom is 0.250 e. The molecule has 0 bridgehead atoms. The Kier molecular flexibility index (Phi) is 2.40. The molecule has 1 N–H and O–H groups in total. The summed E-state index contributed by atoms with van der Waals surface area (Å²) in [6.45, 7) is 1.88. The van der Waals surface area contributed by atoms with Crippen LogP contribution in [0.25, 0.3) is 0 Å². The lowest BCUT2D eigenvalue weighted by molar-refractivity contribution is 0.0790. The van der Waals surface area contributed by atoms with Crippen molar-refractivity contribution in [2.24, 2.45) is 5.92 Å². The molecule has 0 aliphatic carbocycles. The normalized spacial score (nSPS) is 18.8. The van der Waals surface area contributed by atoms with Gasteiger partial charge in [0.05, 0.1) is 0 Å². The standard InChI is InChI=1S/C9H13N3O/c13-9(12-7-1-4-11-12)8-2-5-10-6-3-8/h1,4,7-8,10H,2-3,5-6H2. The second-order valence-electron chi connectivity index (χ2n) is 3.31. The van der Waals surface area contributed by atoms with Gasteiger partial charge in [0, 0.05) is 18.3 Å². The van der Waals surface area contributed by atoms with Crippen LogP contribution in [0.15, 0.2) is 18.5 Å². The molecular weight excluding hydrogens is 166 g/mol. The Morgan fingerprint density at radius 3 is 2.85 bits per heavy atom. The summed E-state index contributed by atoms with van der Waals surface area (Å²) < 4.78 is 1.44. The third-order valence-corrected chi connectivity index (χ3v) is 2.42. The maximum atomic E-state index is 11.7. The van der Waals surface area contributed by atoms with E-state index in [9.17, 15) is 4.79 Å². The van der Waals surface area contributed by atoms with Gasteiger partial charge in [0.2, 0.25) is 5.91 Å². The summed E-state index contributed by atoms with van der Waals surface area (Å²) in [5.41, 5.74) is 0. The van der Waals surface area contributed by atoms with Gasteiger partial charge in [0.25, 0.3) is 0 Å². The SMILES string of the molecule is O=C(C1CCNCC1)n1cccn1.